The highest BCUT2D eigenvalue weighted by Gasteiger charge is 2.15. The van der Waals surface area contributed by atoms with Crippen molar-refractivity contribution in [1.82, 2.24) is 9.56 Å². The lowest BCUT2D eigenvalue weighted by atomic mass is 10.1. The molecule has 9 heteroatoms. The van der Waals surface area contributed by atoms with Gasteiger partial charge in [-0.2, -0.15) is 0 Å². The molecule has 0 aliphatic heterocycles. The molecule has 0 atom stereocenters. The van der Waals surface area contributed by atoms with Crippen LogP contribution in [0.1, 0.15) is 37.9 Å². The average molecular weight is 407 g/mol. The van der Waals surface area contributed by atoms with Crippen molar-refractivity contribution in [3.05, 3.63) is 87.4 Å². The number of benzene rings is 1. The molecule has 0 radical (unpaired) electrons. The summed E-state index contributed by atoms with van der Waals surface area (Å²) >= 11 is 0. The number of aryl methyl sites for hydroxylation is 2. The molecule has 0 aliphatic carbocycles. The number of carbonyl (C=O) groups is 2. The van der Waals surface area contributed by atoms with Crippen LogP contribution in [-0.4, -0.2) is 21.4 Å². The molecule has 1 aromatic carbocycles. The number of ether oxygens (including phenoxy) is 1. The van der Waals surface area contributed by atoms with Gasteiger partial charge in [0.2, 0.25) is 0 Å². The van der Waals surface area contributed by atoms with E-state index in [0.29, 0.717) is 22.8 Å². The second kappa shape index (κ2) is 7.70. The summed E-state index contributed by atoms with van der Waals surface area (Å²) in [6.07, 6.45) is 1.40. The van der Waals surface area contributed by atoms with E-state index in [1.54, 1.807) is 38.1 Å². The van der Waals surface area contributed by atoms with E-state index < -0.39 is 17.4 Å². The number of aromatic nitrogens is 2. The van der Waals surface area contributed by atoms with Crippen LogP contribution < -0.4 is 10.9 Å². The number of furan rings is 1. The fourth-order valence-electron chi connectivity index (χ4n) is 2.85. The highest BCUT2D eigenvalue weighted by atomic mass is 16.5. The van der Waals surface area contributed by atoms with Crippen LogP contribution in [0.25, 0.3) is 5.65 Å². The SMILES string of the molecule is Cc1cc2nc(COC(=O)c3ccc(C)c(NC(=O)c4ccco4)c3)cc(=O)n2o1. The molecule has 30 heavy (non-hydrogen) atoms. The van der Waals surface area contributed by atoms with Gasteiger partial charge in [-0.1, -0.05) is 6.07 Å². The number of amides is 1. The first-order chi connectivity index (χ1) is 14.4. The van der Waals surface area contributed by atoms with Crippen LogP contribution in [0, 0.1) is 13.8 Å². The lowest BCUT2D eigenvalue weighted by Gasteiger charge is -2.10. The average Bonchev–Trinajstić information content (AvgIpc) is 3.37. The maximum atomic E-state index is 12.5. The molecule has 0 bridgehead atoms. The first-order valence-electron chi connectivity index (χ1n) is 9.03. The maximum absolute atomic E-state index is 12.5. The molecule has 3 heterocycles. The summed E-state index contributed by atoms with van der Waals surface area (Å²) < 4.78 is 16.6. The van der Waals surface area contributed by atoms with Crippen LogP contribution >= 0.6 is 0 Å². The third-order valence-electron chi connectivity index (χ3n) is 4.34. The minimum absolute atomic E-state index is 0.157. The molecule has 0 aliphatic rings. The Morgan fingerprint density at radius 2 is 2.00 bits per heavy atom. The van der Waals surface area contributed by atoms with Gasteiger partial charge in [0, 0.05) is 17.8 Å². The lowest BCUT2D eigenvalue weighted by molar-refractivity contribution is 0.0467. The highest BCUT2D eigenvalue weighted by molar-refractivity contribution is 6.03. The van der Waals surface area contributed by atoms with Crippen LogP contribution in [0.15, 0.2) is 62.5 Å². The molecule has 152 valence electrons. The third kappa shape index (κ3) is 3.86. The summed E-state index contributed by atoms with van der Waals surface area (Å²) in [4.78, 5) is 41.0. The predicted molar refractivity (Wildman–Crippen MR) is 105 cm³/mol. The van der Waals surface area contributed by atoms with Crippen molar-refractivity contribution in [3.8, 4) is 0 Å². The van der Waals surface area contributed by atoms with Crippen molar-refractivity contribution in [3.63, 3.8) is 0 Å². The zero-order valence-corrected chi connectivity index (χ0v) is 16.2. The number of nitrogens with zero attached hydrogens (tertiary/aromatic N) is 2. The van der Waals surface area contributed by atoms with Crippen LogP contribution in [0.5, 0.6) is 0 Å². The van der Waals surface area contributed by atoms with Crippen molar-refractivity contribution < 1.29 is 23.3 Å². The molecular weight excluding hydrogens is 390 g/mol. The van der Waals surface area contributed by atoms with E-state index in [-0.39, 0.29) is 17.9 Å². The molecule has 0 saturated heterocycles. The maximum Gasteiger partial charge on any atom is 0.338 e. The number of hydrogen-bond donors (Lipinski definition) is 1. The van der Waals surface area contributed by atoms with E-state index in [1.165, 1.54) is 24.5 Å². The van der Waals surface area contributed by atoms with E-state index in [9.17, 15) is 14.4 Å². The highest BCUT2D eigenvalue weighted by Crippen LogP contribution is 2.19. The van der Waals surface area contributed by atoms with E-state index in [1.807, 2.05) is 0 Å². The Labute approximate surface area is 169 Å². The van der Waals surface area contributed by atoms with E-state index in [0.717, 1.165) is 10.1 Å². The minimum Gasteiger partial charge on any atom is -0.459 e. The number of anilines is 1. The van der Waals surface area contributed by atoms with Gasteiger partial charge in [-0.3, -0.25) is 9.59 Å². The monoisotopic (exact) mass is 407 g/mol. The Morgan fingerprint density at radius 1 is 1.17 bits per heavy atom. The number of rotatable bonds is 5. The van der Waals surface area contributed by atoms with Gasteiger partial charge in [0.05, 0.1) is 17.5 Å². The number of esters is 1. The second-order valence-electron chi connectivity index (χ2n) is 6.62. The summed E-state index contributed by atoms with van der Waals surface area (Å²) in [5, 5.41) is 2.70. The van der Waals surface area contributed by atoms with Gasteiger partial charge in [-0.05, 0) is 43.7 Å². The van der Waals surface area contributed by atoms with Gasteiger partial charge >= 0.3 is 5.97 Å². The Morgan fingerprint density at radius 3 is 2.77 bits per heavy atom. The van der Waals surface area contributed by atoms with Crippen LogP contribution in [0.4, 0.5) is 5.69 Å². The van der Waals surface area contributed by atoms with Gasteiger partial charge in [0.15, 0.2) is 11.4 Å². The van der Waals surface area contributed by atoms with Crippen molar-refractivity contribution in [1.29, 1.82) is 0 Å². The summed E-state index contributed by atoms with van der Waals surface area (Å²) in [5.41, 5.74) is 1.70. The first kappa shape index (κ1) is 19.2. The lowest BCUT2D eigenvalue weighted by Crippen LogP contribution is -2.15. The summed E-state index contributed by atoms with van der Waals surface area (Å²) in [6, 6.07) is 10.8. The Hall–Kier alpha value is -4.14. The number of nitrogens with one attached hydrogen (secondary N) is 1. The molecule has 3 aromatic heterocycles. The second-order valence-corrected chi connectivity index (χ2v) is 6.62. The van der Waals surface area contributed by atoms with E-state index in [4.69, 9.17) is 13.7 Å². The number of fused-ring (bicyclic) bond motifs is 1. The largest absolute Gasteiger partial charge is 0.459 e. The summed E-state index contributed by atoms with van der Waals surface area (Å²) in [5.74, 6) is -0.349. The molecule has 0 spiro atoms. The topological polar surface area (TPSA) is 116 Å². The number of carbonyl (C=O) groups excluding carboxylic acids is 2. The van der Waals surface area contributed by atoms with E-state index >= 15 is 0 Å². The number of hydrogen-bond acceptors (Lipinski definition) is 7. The minimum atomic E-state index is -0.617. The van der Waals surface area contributed by atoms with Crippen LogP contribution in [0.2, 0.25) is 0 Å². The Kier molecular flexibility index (Phi) is 4.93. The molecule has 0 fully saturated rings. The molecule has 0 unspecified atom stereocenters. The van der Waals surface area contributed by atoms with Crippen molar-refractivity contribution in [2.75, 3.05) is 5.32 Å². The molecule has 1 N–H and O–H groups in total. The van der Waals surface area contributed by atoms with Gasteiger partial charge in [0.1, 0.15) is 12.4 Å². The van der Waals surface area contributed by atoms with Crippen molar-refractivity contribution >= 4 is 23.2 Å². The molecule has 1 amide bonds. The van der Waals surface area contributed by atoms with Gasteiger partial charge < -0.3 is 19.0 Å². The smallest absolute Gasteiger partial charge is 0.338 e. The molecule has 9 nitrogen and oxygen atoms in total. The predicted octanol–water partition coefficient (Wildman–Crippen LogP) is 3.11. The van der Waals surface area contributed by atoms with Crippen molar-refractivity contribution in [2.45, 2.75) is 20.5 Å². The summed E-state index contributed by atoms with van der Waals surface area (Å²) in [6.45, 7) is 3.32. The Balaban J connectivity index is 1.48. The fraction of sp³-hybridized carbons (Fsp3) is 0.143. The Bertz CT molecular complexity index is 1300. The molecular formula is C21H17N3O6. The fourth-order valence-corrected chi connectivity index (χ4v) is 2.85. The zero-order chi connectivity index (χ0) is 21.3. The molecule has 4 aromatic rings. The van der Waals surface area contributed by atoms with Crippen LogP contribution in [0.3, 0.4) is 0 Å². The third-order valence-corrected chi connectivity index (χ3v) is 4.34. The first-order valence-corrected chi connectivity index (χ1v) is 9.03. The van der Waals surface area contributed by atoms with Gasteiger partial charge in [0.25, 0.3) is 11.5 Å². The summed E-state index contributed by atoms with van der Waals surface area (Å²) in [7, 11) is 0. The van der Waals surface area contributed by atoms with Crippen molar-refractivity contribution in [2.24, 2.45) is 0 Å². The zero-order valence-electron chi connectivity index (χ0n) is 16.2. The standard InChI is InChI=1S/C21H17N3O6/c1-12-5-6-14(9-16(12)23-20(26)17-4-3-7-28-17)21(27)29-11-15-10-19(25)24-18(22-15)8-13(2)30-24/h3-10H,11H2,1-2H3,(H,23,26). The normalized spacial score (nSPS) is 10.9. The van der Waals surface area contributed by atoms with E-state index in [2.05, 4.69) is 10.3 Å². The quantitative estimate of drug-likeness (QED) is 0.505. The van der Waals surface area contributed by atoms with Gasteiger partial charge in [-0.25, -0.2) is 9.78 Å². The van der Waals surface area contributed by atoms with Gasteiger partial charge in [-0.15, -0.1) is 4.57 Å². The van der Waals surface area contributed by atoms with Crippen LogP contribution in [-0.2, 0) is 11.3 Å². The molecule has 0 saturated carbocycles. The molecule has 4 rings (SSSR count).